The maximum atomic E-state index is 10.6. The van der Waals surface area contributed by atoms with E-state index in [0.29, 0.717) is 12.8 Å². The Labute approximate surface area is 314 Å². The van der Waals surface area contributed by atoms with Crippen molar-refractivity contribution < 1.29 is 49.2 Å². The largest absolute Gasteiger partial charge is 4.00 e. The van der Waals surface area contributed by atoms with Crippen LogP contribution in [0.3, 0.4) is 0 Å². The van der Waals surface area contributed by atoms with Crippen molar-refractivity contribution in [3.63, 3.8) is 0 Å². The molecule has 0 fully saturated rings. The molecule has 0 aliphatic carbocycles. The van der Waals surface area contributed by atoms with Crippen LogP contribution in [-0.2, 0) is 28.8 Å². The van der Waals surface area contributed by atoms with Crippen molar-refractivity contribution in [1.82, 2.24) is 0 Å². The standard InChI is InChI=1S/2C12H24O2.2C7H12O3.Sn/c2*1-2-3-4-5-6-7-8-9-10-11-12(13)14;2*1-2-3-4-6(8)5-7(9)10;/h2*2-11H2,1H3,(H,13,14);2*2-5H2,1H3,(H,9,10);/q;;;;+4/p-4. The number of carboxylic acids is 4. The second-order valence-electron chi connectivity index (χ2n) is 12.3. The number of rotatable bonds is 30. The van der Waals surface area contributed by atoms with Crippen molar-refractivity contribution in [1.29, 1.82) is 0 Å². The summed E-state index contributed by atoms with van der Waals surface area (Å²) in [5.74, 6) is -4.84. The van der Waals surface area contributed by atoms with Gasteiger partial charge < -0.3 is 39.6 Å². The first kappa shape index (κ1) is 56.4. The monoisotopic (exact) mass is 804 g/mol. The first-order chi connectivity index (χ1) is 22.9. The minimum absolute atomic E-state index is 0. The van der Waals surface area contributed by atoms with Gasteiger partial charge in [0.1, 0.15) is 11.6 Å². The molecule has 0 atom stereocenters. The molecule has 0 bridgehead atoms. The number of hydrogen-bond acceptors (Lipinski definition) is 10. The normalized spacial score (nSPS) is 9.71. The van der Waals surface area contributed by atoms with Crippen LogP contribution in [-0.4, -0.2) is 59.4 Å². The van der Waals surface area contributed by atoms with E-state index >= 15 is 0 Å². The summed E-state index contributed by atoms with van der Waals surface area (Å²) in [7, 11) is 0. The Bertz CT molecular complexity index is 722. The van der Waals surface area contributed by atoms with E-state index in [2.05, 4.69) is 13.8 Å². The van der Waals surface area contributed by atoms with Gasteiger partial charge >= 0.3 is 23.9 Å². The van der Waals surface area contributed by atoms with E-state index in [1.165, 1.54) is 89.9 Å². The van der Waals surface area contributed by atoms with Crippen molar-refractivity contribution in [2.75, 3.05) is 0 Å². The molecule has 0 aromatic heterocycles. The number of Topliss-reactive ketones (excluding diaryl/α,β-unsaturated/α-hetero) is 2. The smallest absolute Gasteiger partial charge is 0.550 e. The van der Waals surface area contributed by atoms with Crippen LogP contribution in [0.25, 0.3) is 0 Å². The molecule has 0 unspecified atom stereocenters. The summed E-state index contributed by atoms with van der Waals surface area (Å²) >= 11 is 0. The van der Waals surface area contributed by atoms with Gasteiger partial charge in [-0.1, -0.05) is 143 Å². The first-order valence-corrected chi connectivity index (χ1v) is 18.7. The molecule has 0 aromatic rings. The van der Waals surface area contributed by atoms with Crippen molar-refractivity contribution in [2.24, 2.45) is 0 Å². The summed E-state index contributed by atoms with van der Waals surface area (Å²) in [5, 5.41) is 39.9. The number of hydrogen-bond donors (Lipinski definition) is 0. The molecule has 49 heavy (non-hydrogen) atoms. The molecule has 11 heteroatoms. The fourth-order valence-electron chi connectivity index (χ4n) is 4.41. The third kappa shape index (κ3) is 68.7. The van der Waals surface area contributed by atoms with Crippen LogP contribution in [0.1, 0.15) is 207 Å². The number of carboxylic acid groups (broad SMARTS) is 4. The van der Waals surface area contributed by atoms with Gasteiger partial charge in [-0.2, -0.15) is 0 Å². The number of aliphatic carboxylic acids is 4. The maximum Gasteiger partial charge on any atom is 4.00 e. The molecule has 0 saturated carbocycles. The molecule has 0 saturated heterocycles. The Morgan fingerprint density at radius 2 is 0.531 bits per heavy atom. The van der Waals surface area contributed by atoms with Crippen LogP contribution >= 0.6 is 0 Å². The van der Waals surface area contributed by atoms with Gasteiger partial charge in [0, 0.05) is 49.6 Å². The van der Waals surface area contributed by atoms with E-state index in [4.69, 9.17) is 0 Å². The Morgan fingerprint density at radius 1 is 0.306 bits per heavy atom. The third-order valence-corrected chi connectivity index (χ3v) is 7.27. The number of carbonyl (C=O) groups excluding carboxylic acids is 6. The average Bonchev–Trinajstić information content (AvgIpc) is 3.01. The van der Waals surface area contributed by atoms with Gasteiger partial charge in [0.2, 0.25) is 0 Å². The fraction of sp³-hybridized carbons (Fsp3) is 0.842. The Hall–Kier alpha value is -1.98. The zero-order chi connectivity index (χ0) is 37.3. The SMILES string of the molecule is CCCCC(=O)CC(=O)[O-].CCCCC(=O)CC(=O)[O-].CCCCCCCCCCCC(=O)[O-].CCCCCCCCCCCC(=O)[O-].[Sn+4]. The van der Waals surface area contributed by atoms with Gasteiger partial charge in [-0.25, -0.2) is 0 Å². The molecule has 0 aliphatic rings. The molecule has 0 N–H and O–H groups in total. The third-order valence-electron chi connectivity index (χ3n) is 7.27. The zero-order valence-electron chi connectivity index (χ0n) is 31.4. The number of unbranched alkanes of at least 4 members (excludes halogenated alkanes) is 18. The molecule has 0 aliphatic heterocycles. The Morgan fingerprint density at radius 3 is 0.735 bits per heavy atom. The van der Waals surface area contributed by atoms with Crippen LogP contribution in [0.2, 0.25) is 0 Å². The van der Waals surface area contributed by atoms with E-state index in [1.54, 1.807) is 0 Å². The van der Waals surface area contributed by atoms with Crippen molar-refractivity contribution in [3.8, 4) is 0 Å². The van der Waals surface area contributed by atoms with E-state index < -0.39 is 36.7 Å². The summed E-state index contributed by atoms with van der Waals surface area (Å²) in [6.07, 6.45) is 25.6. The van der Waals surface area contributed by atoms with Gasteiger partial charge in [-0.3, -0.25) is 9.59 Å². The van der Waals surface area contributed by atoms with Gasteiger partial charge in [0.25, 0.3) is 0 Å². The second-order valence-corrected chi connectivity index (χ2v) is 12.3. The predicted octanol–water partition coefficient (Wildman–Crippen LogP) is 4.71. The molecule has 0 aromatic carbocycles. The molecule has 0 heterocycles. The number of ketones is 2. The summed E-state index contributed by atoms with van der Waals surface area (Å²) in [4.78, 5) is 61.1. The van der Waals surface area contributed by atoms with Gasteiger partial charge in [0.15, 0.2) is 0 Å². The van der Waals surface area contributed by atoms with Gasteiger partial charge in [-0.15, -0.1) is 0 Å². The van der Waals surface area contributed by atoms with Crippen molar-refractivity contribution >= 4 is 59.4 Å². The van der Waals surface area contributed by atoms with Crippen LogP contribution in [0, 0.1) is 0 Å². The van der Waals surface area contributed by atoms with Crippen LogP contribution in [0.5, 0.6) is 0 Å². The Balaban J connectivity index is -0.000000177. The Kier molecular flexibility index (Phi) is 55.4. The first-order valence-electron chi connectivity index (χ1n) is 18.7. The minimum Gasteiger partial charge on any atom is -0.550 e. The summed E-state index contributed by atoms with van der Waals surface area (Å²) in [6, 6.07) is 0. The molecule has 10 nitrogen and oxygen atoms in total. The molecular formula is C38H68O10Sn. The minimum atomic E-state index is -1.28. The van der Waals surface area contributed by atoms with Gasteiger partial charge in [-0.05, 0) is 38.5 Å². The van der Waals surface area contributed by atoms with Crippen LogP contribution in [0.15, 0.2) is 0 Å². The summed E-state index contributed by atoms with van der Waals surface area (Å²) in [5.41, 5.74) is 0. The quantitative estimate of drug-likeness (QED) is 0.0558. The van der Waals surface area contributed by atoms with E-state index in [0.717, 1.165) is 51.4 Å². The average molecular weight is 804 g/mol. The second kappa shape index (κ2) is 48.1. The maximum absolute atomic E-state index is 10.6. The van der Waals surface area contributed by atoms with E-state index in [9.17, 15) is 49.2 Å². The van der Waals surface area contributed by atoms with E-state index in [-0.39, 0.29) is 48.3 Å². The molecule has 0 radical (unpaired) electrons. The fourth-order valence-corrected chi connectivity index (χ4v) is 4.41. The summed E-state index contributed by atoms with van der Waals surface area (Å²) in [6.45, 7) is 8.35. The van der Waals surface area contributed by atoms with Crippen LogP contribution < -0.4 is 20.4 Å². The van der Waals surface area contributed by atoms with Crippen LogP contribution in [0.4, 0.5) is 0 Å². The van der Waals surface area contributed by atoms with Gasteiger partial charge in [0.05, 0.1) is 0 Å². The predicted molar refractivity (Wildman–Crippen MR) is 188 cm³/mol. The zero-order valence-corrected chi connectivity index (χ0v) is 34.2. The molecule has 0 rings (SSSR count). The van der Waals surface area contributed by atoms with E-state index in [1.807, 2.05) is 13.8 Å². The van der Waals surface area contributed by atoms with Crippen molar-refractivity contribution in [2.45, 2.75) is 207 Å². The molecular weight excluding hydrogens is 735 g/mol. The topological polar surface area (TPSA) is 195 Å². The summed E-state index contributed by atoms with van der Waals surface area (Å²) < 4.78 is 0. The van der Waals surface area contributed by atoms with Crippen molar-refractivity contribution in [3.05, 3.63) is 0 Å². The molecule has 0 spiro atoms. The molecule has 0 amide bonds. The number of carbonyl (C=O) groups is 6. The molecule has 284 valence electrons.